The molecule has 0 amide bonds. The number of benzene rings is 1. The van der Waals surface area contributed by atoms with Crippen molar-refractivity contribution in [3.05, 3.63) is 23.8 Å². The standard InChI is InChI=1S/C13H20N2O2/c1-13(2,8-14)15-6-5-10-3-4-11-12(7-10)17-9-16-11/h3-4,7,15H,5-6,8-9,14H2,1-2H3. The molecule has 4 heteroatoms. The SMILES string of the molecule is CC(C)(CN)NCCc1ccc2c(c1)OCO2. The van der Waals surface area contributed by atoms with E-state index in [1.54, 1.807) is 0 Å². The van der Waals surface area contributed by atoms with Crippen LogP contribution in [-0.2, 0) is 6.42 Å². The highest BCUT2D eigenvalue weighted by molar-refractivity contribution is 5.44. The van der Waals surface area contributed by atoms with Gasteiger partial charge in [0.05, 0.1) is 0 Å². The topological polar surface area (TPSA) is 56.5 Å². The van der Waals surface area contributed by atoms with Gasteiger partial charge in [0.25, 0.3) is 0 Å². The van der Waals surface area contributed by atoms with E-state index in [9.17, 15) is 0 Å². The highest BCUT2D eigenvalue weighted by Crippen LogP contribution is 2.32. The first kappa shape index (κ1) is 12.2. The van der Waals surface area contributed by atoms with Gasteiger partial charge in [0, 0.05) is 12.1 Å². The van der Waals surface area contributed by atoms with E-state index in [0.29, 0.717) is 13.3 Å². The fraction of sp³-hybridized carbons (Fsp3) is 0.538. The van der Waals surface area contributed by atoms with Crippen LogP contribution in [0.5, 0.6) is 11.5 Å². The van der Waals surface area contributed by atoms with Gasteiger partial charge in [-0.2, -0.15) is 0 Å². The Kier molecular flexibility index (Phi) is 3.54. The van der Waals surface area contributed by atoms with Crippen LogP contribution in [0.4, 0.5) is 0 Å². The lowest BCUT2D eigenvalue weighted by atomic mass is 10.1. The van der Waals surface area contributed by atoms with Crippen LogP contribution in [0.2, 0.25) is 0 Å². The van der Waals surface area contributed by atoms with Crippen LogP contribution in [0.25, 0.3) is 0 Å². The fourth-order valence-electron chi connectivity index (χ4n) is 1.71. The van der Waals surface area contributed by atoms with Gasteiger partial charge in [0.15, 0.2) is 11.5 Å². The number of hydrogen-bond donors (Lipinski definition) is 2. The summed E-state index contributed by atoms with van der Waals surface area (Å²) in [6.45, 7) is 6.08. The van der Waals surface area contributed by atoms with Gasteiger partial charge < -0.3 is 20.5 Å². The number of nitrogens with one attached hydrogen (secondary N) is 1. The minimum atomic E-state index is -0.00363. The van der Waals surface area contributed by atoms with E-state index in [2.05, 4.69) is 25.2 Å². The van der Waals surface area contributed by atoms with E-state index in [4.69, 9.17) is 15.2 Å². The first-order chi connectivity index (χ1) is 8.11. The minimum Gasteiger partial charge on any atom is -0.454 e. The molecule has 1 heterocycles. The van der Waals surface area contributed by atoms with Crippen molar-refractivity contribution in [1.29, 1.82) is 0 Å². The van der Waals surface area contributed by atoms with Crippen LogP contribution >= 0.6 is 0 Å². The number of fused-ring (bicyclic) bond motifs is 1. The van der Waals surface area contributed by atoms with Gasteiger partial charge >= 0.3 is 0 Å². The molecule has 0 aliphatic carbocycles. The number of hydrogen-bond acceptors (Lipinski definition) is 4. The summed E-state index contributed by atoms with van der Waals surface area (Å²) in [4.78, 5) is 0. The molecule has 0 fully saturated rings. The molecule has 1 aromatic carbocycles. The smallest absolute Gasteiger partial charge is 0.231 e. The molecule has 1 aliphatic heterocycles. The average molecular weight is 236 g/mol. The Morgan fingerprint density at radius 2 is 2.06 bits per heavy atom. The summed E-state index contributed by atoms with van der Waals surface area (Å²) < 4.78 is 10.6. The van der Waals surface area contributed by atoms with Crippen LogP contribution in [0.3, 0.4) is 0 Å². The molecular formula is C13H20N2O2. The van der Waals surface area contributed by atoms with E-state index in [-0.39, 0.29) is 5.54 Å². The molecule has 1 aliphatic rings. The van der Waals surface area contributed by atoms with Gasteiger partial charge in [-0.25, -0.2) is 0 Å². The van der Waals surface area contributed by atoms with Crippen LogP contribution < -0.4 is 20.5 Å². The second-order valence-electron chi connectivity index (χ2n) is 4.95. The maximum atomic E-state index is 5.66. The molecule has 0 bridgehead atoms. The average Bonchev–Trinajstić information content (AvgIpc) is 2.76. The zero-order valence-corrected chi connectivity index (χ0v) is 10.5. The lowest BCUT2D eigenvalue weighted by Crippen LogP contribution is -2.46. The first-order valence-electron chi connectivity index (χ1n) is 5.94. The van der Waals surface area contributed by atoms with E-state index in [1.807, 2.05) is 12.1 Å². The van der Waals surface area contributed by atoms with Crippen LogP contribution in [-0.4, -0.2) is 25.4 Å². The lowest BCUT2D eigenvalue weighted by Gasteiger charge is -2.24. The number of rotatable bonds is 5. The predicted octanol–water partition coefficient (Wildman–Crippen LogP) is 1.28. The molecule has 94 valence electrons. The summed E-state index contributed by atoms with van der Waals surface area (Å²) in [6, 6.07) is 6.08. The van der Waals surface area contributed by atoms with E-state index >= 15 is 0 Å². The minimum absolute atomic E-state index is 0.00363. The normalized spacial score (nSPS) is 14.1. The Labute approximate surface area is 102 Å². The monoisotopic (exact) mass is 236 g/mol. The van der Waals surface area contributed by atoms with Crippen LogP contribution in [0, 0.1) is 0 Å². The van der Waals surface area contributed by atoms with Gasteiger partial charge in [-0.15, -0.1) is 0 Å². The summed E-state index contributed by atoms with van der Waals surface area (Å²) in [5.74, 6) is 1.68. The molecule has 0 radical (unpaired) electrons. The van der Waals surface area contributed by atoms with Crippen LogP contribution in [0.15, 0.2) is 18.2 Å². The molecule has 0 aromatic heterocycles. The third kappa shape index (κ3) is 3.11. The quantitative estimate of drug-likeness (QED) is 0.808. The van der Waals surface area contributed by atoms with E-state index in [1.165, 1.54) is 5.56 Å². The Morgan fingerprint density at radius 1 is 1.29 bits per heavy atom. The van der Waals surface area contributed by atoms with Crippen molar-refractivity contribution in [3.8, 4) is 11.5 Å². The summed E-state index contributed by atoms with van der Waals surface area (Å²) in [6.07, 6.45) is 0.958. The van der Waals surface area contributed by atoms with Gasteiger partial charge in [-0.3, -0.25) is 0 Å². The largest absolute Gasteiger partial charge is 0.454 e. The van der Waals surface area contributed by atoms with Crippen molar-refractivity contribution in [2.75, 3.05) is 19.9 Å². The molecule has 0 spiro atoms. The molecule has 0 saturated carbocycles. The van der Waals surface area contributed by atoms with Gasteiger partial charge in [0.1, 0.15) is 0 Å². The Morgan fingerprint density at radius 3 is 2.82 bits per heavy atom. The summed E-state index contributed by atoms with van der Waals surface area (Å²) >= 11 is 0. The Balaban J connectivity index is 1.88. The van der Waals surface area contributed by atoms with Crippen molar-refractivity contribution >= 4 is 0 Å². The predicted molar refractivity (Wildman–Crippen MR) is 67.4 cm³/mol. The van der Waals surface area contributed by atoms with Gasteiger partial charge in [-0.1, -0.05) is 6.07 Å². The van der Waals surface area contributed by atoms with Crippen molar-refractivity contribution in [2.45, 2.75) is 25.8 Å². The van der Waals surface area contributed by atoms with Gasteiger partial charge in [-0.05, 0) is 44.5 Å². The molecule has 2 rings (SSSR count). The molecule has 0 unspecified atom stereocenters. The third-order valence-corrected chi connectivity index (χ3v) is 2.96. The summed E-state index contributed by atoms with van der Waals surface area (Å²) in [5, 5.41) is 3.43. The molecule has 4 nitrogen and oxygen atoms in total. The highest BCUT2D eigenvalue weighted by atomic mass is 16.7. The first-order valence-corrected chi connectivity index (χ1v) is 5.94. The molecule has 1 aromatic rings. The summed E-state index contributed by atoms with van der Waals surface area (Å²) in [7, 11) is 0. The molecular weight excluding hydrogens is 216 g/mol. The molecule has 3 N–H and O–H groups in total. The zero-order chi connectivity index (χ0) is 12.3. The van der Waals surface area contributed by atoms with E-state index < -0.39 is 0 Å². The number of nitrogens with two attached hydrogens (primary N) is 1. The van der Waals surface area contributed by atoms with Crippen molar-refractivity contribution in [3.63, 3.8) is 0 Å². The lowest BCUT2D eigenvalue weighted by molar-refractivity contribution is 0.174. The number of ether oxygens (including phenoxy) is 2. The molecule has 0 saturated heterocycles. The molecule has 17 heavy (non-hydrogen) atoms. The molecule has 0 atom stereocenters. The Bertz CT molecular complexity index is 391. The second kappa shape index (κ2) is 4.94. The third-order valence-electron chi connectivity index (χ3n) is 2.96. The maximum absolute atomic E-state index is 5.66. The van der Waals surface area contributed by atoms with Gasteiger partial charge in [0.2, 0.25) is 6.79 Å². The van der Waals surface area contributed by atoms with Crippen LogP contribution in [0.1, 0.15) is 19.4 Å². The Hall–Kier alpha value is -1.26. The zero-order valence-electron chi connectivity index (χ0n) is 10.5. The second-order valence-corrected chi connectivity index (χ2v) is 4.95. The van der Waals surface area contributed by atoms with Crippen molar-refractivity contribution in [2.24, 2.45) is 5.73 Å². The maximum Gasteiger partial charge on any atom is 0.231 e. The fourth-order valence-corrected chi connectivity index (χ4v) is 1.71. The summed E-state index contributed by atoms with van der Waals surface area (Å²) in [5.41, 5.74) is 6.90. The highest BCUT2D eigenvalue weighted by Gasteiger charge is 2.15. The van der Waals surface area contributed by atoms with E-state index in [0.717, 1.165) is 24.5 Å². The van der Waals surface area contributed by atoms with Crippen molar-refractivity contribution in [1.82, 2.24) is 5.32 Å². The van der Waals surface area contributed by atoms with Crippen molar-refractivity contribution < 1.29 is 9.47 Å².